The number of likely N-dealkylation sites (tertiary alicyclic amines) is 1. The van der Waals surface area contributed by atoms with Gasteiger partial charge in [0.25, 0.3) is 11.7 Å². The predicted molar refractivity (Wildman–Crippen MR) is 108 cm³/mol. The number of aliphatic hydroxyl groups excluding tert-OH is 1. The van der Waals surface area contributed by atoms with E-state index in [0.717, 1.165) is 0 Å². The van der Waals surface area contributed by atoms with Crippen LogP contribution in [-0.4, -0.2) is 33.9 Å². The largest absolute Gasteiger partial charge is 0.507 e. The third-order valence-corrected chi connectivity index (χ3v) is 5.01. The molecule has 0 unspecified atom stereocenters. The number of aliphatic hydroxyl groups is 1. The topological polar surface area (TPSA) is 100 Å². The fourth-order valence-electron chi connectivity index (χ4n) is 3.58. The smallest absolute Gasteiger partial charge is 0.296 e. The van der Waals surface area contributed by atoms with E-state index in [1.165, 1.54) is 24.3 Å². The molecule has 4 rings (SSSR count). The van der Waals surface area contributed by atoms with E-state index in [4.69, 9.17) is 9.15 Å². The first kappa shape index (κ1) is 19.3. The standard InChI is InChI=1S/C23H19NO6/c1-29-18-12-15(9-10-17(18)25)20-19(21(26)14-6-3-2-4-7-14)22(27)23(28)24(20)13-16-8-5-11-30-16/h2-12,20,25-26H,13H2,1H3/t20-/m1/s1. The van der Waals surface area contributed by atoms with Crippen LogP contribution in [-0.2, 0) is 16.1 Å². The number of benzene rings is 2. The van der Waals surface area contributed by atoms with Crippen molar-refractivity contribution >= 4 is 17.4 Å². The molecule has 152 valence electrons. The van der Waals surface area contributed by atoms with E-state index in [1.54, 1.807) is 54.6 Å². The summed E-state index contributed by atoms with van der Waals surface area (Å²) in [5.74, 6) is -1.20. The van der Waals surface area contributed by atoms with Crippen molar-refractivity contribution in [2.75, 3.05) is 7.11 Å². The zero-order chi connectivity index (χ0) is 21.3. The molecule has 1 aliphatic heterocycles. The van der Waals surface area contributed by atoms with Gasteiger partial charge in [0, 0.05) is 5.56 Å². The van der Waals surface area contributed by atoms with Crippen LogP contribution in [0.1, 0.15) is 22.9 Å². The summed E-state index contributed by atoms with van der Waals surface area (Å²) in [7, 11) is 1.41. The quantitative estimate of drug-likeness (QED) is 0.382. The number of nitrogens with zero attached hydrogens (tertiary/aromatic N) is 1. The SMILES string of the molecule is COc1cc([C@@H]2C(=C(O)c3ccccc3)C(=O)C(=O)N2Cc2ccco2)ccc1O. The van der Waals surface area contributed by atoms with Gasteiger partial charge in [0.15, 0.2) is 11.5 Å². The molecule has 0 spiro atoms. The number of Topliss-reactive ketones (excluding diaryl/α,β-unsaturated/α-hetero) is 1. The van der Waals surface area contributed by atoms with Crippen molar-refractivity contribution in [3.63, 3.8) is 0 Å². The van der Waals surface area contributed by atoms with Gasteiger partial charge in [0.2, 0.25) is 0 Å². The van der Waals surface area contributed by atoms with Crippen LogP contribution in [0.4, 0.5) is 0 Å². The van der Waals surface area contributed by atoms with Gasteiger partial charge >= 0.3 is 0 Å². The number of phenolic OH excluding ortho intramolecular Hbond substituents is 1. The van der Waals surface area contributed by atoms with E-state index in [1.807, 2.05) is 0 Å². The van der Waals surface area contributed by atoms with E-state index in [0.29, 0.717) is 16.9 Å². The number of ether oxygens (including phenoxy) is 1. The Hall–Kier alpha value is -4.00. The molecule has 3 aromatic rings. The molecule has 7 heteroatoms. The van der Waals surface area contributed by atoms with Crippen LogP contribution in [0.15, 0.2) is 76.9 Å². The number of ketones is 1. The summed E-state index contributed by atoms with van der Waals surface area (Å²) in [6.45, 7) is 0.0387. The minimum absolute atomic E-state index is 0.0366. The molecule has 2 N–H and O–H groups in total. The highest BCUT2D eigenvalue weighted by Gasteiger charge is 2.46. The Balaban J connectivity index is 1.89. The molecule has 0 bridgehead atoms. The van der Waals surface area contributed by atoms with Crippen molar-refractivity contribution in [2.24, 2.45) is 0 Å². The predicted octanol–water partition coefficient (Wildman–Crippen LogP) is 3.62. The number of furan rings is 1. The lowest BCUT2D eigenvalue weighted by atomic mass is 9.95. The van der Waals surface area contributed by atoms with Crippen molar-refractivity contribution in [3.8, 4) is 11.5 Å². The average Bonchev–Trinajstić information content (AvgIpc) is 3.37. The summed E-state index contributed by atoms with van der Waals surface area (Å²) in [4.78, 5) is 27.2. The fraction of sp³-hybridized carbons (Fsp3) is 0.130. The lowest BCUT2D eigenvalue weighted by Gasteiger charge is -2.25. The minimum atomic E-state index is -0.884. The second-order valence-corrected chi connectivity index (χ2v) is 6.80. The second kappa shape index (κ2) is 7.79. The molecule has 1 amide bonds. The Morgan fingerprint density at radius 1 is 1.10 bits per heavy atom. The van der Waals surface area contributed by atoms with Crippen LogP contribution in [0.2, 0.25) is 0 Å². The lowest BCUT2D eigenvalue weighted by molar-refractivity contribution is -0.140. The Kier molecular flexibility index (Phi) is 5.02. The van der Waals surface area contributed by atoms with Gasteiger partial charge in [-0.15, -0.1) is 0 Å². The normalized spacial score (nSPS) is 18.0. The molecule has 30 heavy (non-hydrogen) atoms. The molecule has 1 atom stereocenters. The monoisotopic (exact) mass is 405 g/mol. The van der Waals surface area contributed by atoms with Crippen LogP contribution in [0.25, 0.3) is 5.76 Å². The van der Waals surface area contributed by atoms with E-state index in [2.05, 4.69) is 0 Å². The zero-order valence-electron chi connectivity index (χ0n) is 16.1. The van der Waals surface area contributed by atoms with Crippen LogP contribution < -0.4 is 4.74 Å². The maximum Gasteiger partial charge on any atom is 0.296 e. The summed E-state index contributed by atoms with van der Waals surface area (Å²) < 4.78 is 10.5. The first-order valence-corrected chi connectivity index (χ1v) is 9.24. The number of amides is 1. The maximum atomic E-state index is 12.9. The number of carbonyl (C=O) groups is 2. The van der Waals surface area contributed by atoms with E-state index >= 15 is 0 Å². The third-order valence-electron chi connectivity index (χ3n) is 5.01. The van der Waals surface area contributed by atoms with Gasteiger partial charge in [-0.2, -0.15) is 0 Å². The number of hydrogen-bond donors (Lipinski definition) is 2. The summed E-state index contributed by atoms with van der Waals surface area (Å²) >= 11 is 0. The van der Waals surface area contributed by atoms with Crippen LogP contribution in [0, 0.1) is 0 Å². The lowest BCUT2D eigenvalue weighted by Crippen LogP contribution is -2.29. The van der Waals surface area contributed by atoms with Gasteiger partial charge < -0.3 is 24.3 Å². The average molecular weight is 405 g/mol. The number of rotatable bonds is 5. The van der Waals surface area contributed by atoms with E-state index < -0.39 is 17.7 Å². The highest BCUT2D eigenvalue weighted by molar-refractivity contribution is 6.46. The van der Waals surface area contributed by atoms with Gasteiger partial charge in [-0.05, 0) is 29.8 Å². The number of aromatic hydroxyl groups is 1. The molecule has 2 heterocycles. The summed E-state index contributed by atoms with van der Waals surface area (Å²) in [6.07, 6.45) is 1.48. The fourth-order valence-corrected chi connectivity index (χ4v) is 3.58. The van der Waals surface area contributed by atoms with Crippen molar-refractivity contribution in [2.45, 2.75) is 12.6 Å². The van der Waals surface area contributed by atoms with Gasteiger partial charge in [0.05, 0.1) is 31.5 Å². The first-order valence-electron chi connectivity index (χ1n) is 9.24. The number of methoxy groups -OCH3 is 1. The van der Waals surface area contributed by atoms with Gasteiger partial charge in [-0.3, -0.25) is 9.59 Å². The zero-order valence-corrected chi connectivity index (χ0v) is 16.1. The Labute approximate surface area is 172 Å². The summed E-state index contributed by atoms with van der Waals surface area (Å²) in [5, 5.41) is 20.9. The van der Waals surface area contributed by atoms with Crippen LogP contribution >= 0.6 is 0 Å². The maximum absolute atomic E-state index is 12.9. The molecule has 1 fully saturated rings. The van der Waals surface area contributed by atoms with Crippen molar-refractivity contribution < 1.29 is 29.0 Å². The van der Waals surface area contributed by atoms with Crippen LogP contribution in [0.3, 0.4) is 0 Å². The van der Waals surface area contributed by atoms with Crippen LogP contribution in [0.5, 0.6) is 11.5 Å². The molecular formula is C23H19NO6. The number of carbonyl (C=O) groups excluding carboxylic acids is 2. The second-order valence-electron chi connectivity index (χ2n) is 6.80. The molecule has 0 saturated carbocycles. The van der Waals surface area contributed by atoms with Gasteiger partial charge in [0.1, 0.15) is 11.5 Å². The van der Waals surface area contributed by atoms with E-state index in [9.17, 15) is 19.8 Å². The Morgan fingerprint density at radius 2 is 1.87 bits per heavy atom. The van der Waals surface area contributed by atoms with Gasteiger partial charge in [-0.1, -0.05) is 36.4 Å². The molecule has 1 aromatic heterocycles. The highest BCUT2D eigenvalue weighted by atomic mass is 16.5. The Morgan fingerprint density at radius 3 is 2.53 bits per heavy atom. The number of phenols is 1. The molecule has 2 aromatic carbocycles. The molecule has 0 radical (unpaired) electrons. The Bertz CT molecular complexity index is 1120. The molecule has 7 nitrogen and oxygen atoms in total. The highest BCUT2D eigenvalue weighted by Crippen LogP contribution is 2.42. The van der Waals surface area contributed by atoms with Crippen molar-refractivity contribution in [1.82, 2.24) is 4.90 Å². The van der Waals surface area contributed by atoms with Crippen molar-refractivity contribution in [1.29, 1.82) is 0 Å². The summed E-state index contributed by atoms with van der Waals surface area (Å²) in [6, 6.07) is 15.6. The first-order chi connectivity index (χ1) is 14.5. The number of hydrogen-bond acceptors (Lipinski definition) is 6. The van der Waals surface area contributed by atoms with E-state index in [-0.39, 0.29) is 29.4 Å². The molecule has 1 saturated heterocycles. The van der Waals surface area contributed by atoms with Crippen molar-refractivity contribution in [3.05, 3.63) is 89.4 Å². The summed E-state index contributed by atoms with van der Waals surface area (Å²) in [5.41, 5.74) is 0.891. The third kappa shape index (κ3) is 3.30. The molecular weight excluding hydrogens is 386 g/mol. The van der Waals surface area contributed by atoms with Gasteiger partial charge in [-0.25, -0.2) is 0 Å². The molecule has 1 aliphatic rings. The minimum Gasteiger partial charge on any atom is -0.507 e. The molecule has 0 aliphatic carbocycles.